The predicted octanol–water partition coefficient (Wildman–Crippen LogP) is 4.59. The van der Waals surface area contributed by atoms with Crippen LogP contribution in [-0.4, -0.2) is 6.29 Å². The van der Waals surface area contributed by atoms with Crippen molar-refractivity contribution in [1.82, 2.24) is 0 Å². The Hall–Kier alpha value is -2.67. The molecule has 0 aliphatic heterocycles. The maximum Gasteiger partial charge on any atom is 0.121 e. The Bertz CT molecular complexity index is 788. The van der Waals surface area contributed by atoms with Gasteiger partial charge in [-0.2, -0.15) is 0 Å². The van der Waals surface area contributed by atoms with Gasteiger partial charge in [0.15, 0.2) is 0 Å². The largest absolute Gasteiger partial charge is 0.303 e. The van der Waals surface area contributed by atoms with E-state index in [1.807, 2.05) is 18.2 Å². The molecular weight excluding hydrogens is 268 g/mol. The lowest BCUT2D eigenvalue weighted by Crippen LogP contribution is -2.27. The third kappa shape index (κ3) is 1.62. The Morgan fingerprint density at radius 1 is 0.682 bits per heavy atom. The summed E-state index contributed by atoms with van der Waals surface area (Å²) < 4.78 is 0. The molecule has 1 aliphatic carbocycles. The molecule has 0 heterocycles. The van der Waals surface area contributed by atoms with E-state index in [0.29, 0.717) is 6.42 Å². The Morgan fingerprint density at radius 2 is 1.18 bits per heavy atom. The highest BCUT2D eigenvalue weighted by Gasteiger charge is 2.43. The van der Waals surface area contributed by atoms with Gasteiger partial charge in [0.05, 0.1) is 5.41 Å². The van der Waals surface area contributed by atoms with E-state index in [0.717, 1.165) is 6.29 Å². The van der Waals surface area contributed by atoms with Gasteiger partial charge in [0.1, 0.15) is 6.29 Å². The number of fused-ring (bicyclic) bond motifs is 3. The van der Waals surface area contributed by atoms with E-state index in [-0.39, 0.29) is 5.41 Å². The number of rotatable bonds is 3. The Labute approximate surface area is 130 Å². The molecule has 0 saturated carbocycles. The molecule has 106 valence electrons. The van der Waals surface area contributed by atoms with Crippen LogP contribution in [0, 0.1) is 0 Å². The van der Waals surface area contributed by atoms with Crippen molar-refractivity contribution in [3.8, 4) is 11.1 Å². The molecule has 1 aliphatic rings. The number of carbonyl (C=O) groups excluding carboxylic acids is 1. The molecule has 1 heteroatoms. The van der Waals surface area contributed by atoms with Gasteiger partial charge in [-0.15, -0.1) is 0 Å². The van der Waals surface area contributed by atoms with Gasteiger partial charge in [0, 0.05) is 6.42 Å². The van der Waals surface area contributed by atoms with Crippen molar-refractivity contribution in [3.63, 3.8) is 0 Å². The fourth-order valence-corrected chi connectivity index (χ4v) is 3.82. The highest BCUT2D eigenvalue weighted by molar-refractivity contribution is 5.85. The minimum Gasteiger partial charge on any atom is -0.303 e. The summed E-state index contributed by atoms with van der Waals surface area (Å²) in [6.07, 6.45) is 1.51. The first-order valence-corrected chi connectivity index (χ1v) is 7.56. The van der Waals surface area contributed by atoms with Gasteiger partial charge in [-0.1, -0.05) is 78.9 Å². The third-order valence-corrected chi connectivity index (χ3v) is 4.72. The number of aldehydes is 1. The summed E-state index contributed by atoms with van der Waals surface area (Å²) in [4.78, 5) is 11.6. The average Bonchev–Trinajstić information content (AvgIpc) is 2.88. The summed E-state index contributed by atoms with van der Waals surface area (Å²) in [5.41, 5.74) is 5.76. The highest BCUT2D eigenvalue weighted by Crippen LogP contribution is 2.53. The van der Waals surface area contributed by atoms with Crippen LogP contribution in [0.15, 0.2) is 78.9 Å². The zero-order chi connectivity index (χ0) is 15.0. The second kappa shape index (κ2) is 4.96. The standard InChI is InChI=1S/C21H16O/c22-15-14-21(16-8-2-1-3-9-16)19-12-6-4-10-17(19)18-11-5-7-13-20(18)21/h1-13,15H,14H2. The van der Waals surface area contributed by atoms with Crippen molar-refractivity contribution in [2.75, 3.05) is 0 Å². The van der Waals surface area contributed by atoms with E-state index >= 15 is 0 Å². The topological polar surface area (TPSA) is 17.1 Å². The summed E-state index contributed by atoms with van der Waals surface area (Å²) in [5, 5.41) is 0. The molecule has 4 rings (SSSR count). The van der Waals surface area contributed by atoms with E-state index < -0.39 is 0 Å². The summed E-state index contributed by atoms with van der Waals surface area (Å²) in [6, 6.07) is 27.3. The fourth-order valence-electron chi connectivity index (χ4n) is 3.82. The van der Waals surface area contributed by atoms with E-state index in [9.17, 15) is 4.79 Å². The van der Waals surface area contributed by atoms with Crippen molar-refractivity contribution in [2.24, 2.45) is 0 Å². The number of hydrogen-bond donors (Lipinski definition) is 0. The van der Waals surface area contributed by atoms with Crippen LogP contribution in [0.4, 0.5) is 0 Å². The molecule has 0 bridgehead atoms. The van der Waals surface area contributed by atoms with Crippen LogP contribution in [0.2, 0.25) is 0 Å². The number of benzene rings is 3. The molecule has 3 aromatic carbocycles. The van der Waals surface area contributed by atoms with E-state index in [1.54, 1.807) is 0 Å². The van der Waals surface area contributed by atoms with Gasteiger partial charge >= 0.3 is 0 Å². The quantitative estimate of drug-likeness (QED) is 0.643. The molecule has 0 spiro atoms. The van der Waals surface area contributed by atoms with Crippen LogP contribution in [0.1, 0.15) is 23.1 Å². The van der Waals surface area contributed by atoms with Gasteiger partial charge in [-0.05, 0) is 27.8 Å². The third-order valence-electron chi connectivity index (χ3n) is 4.72. The molecule has 1 nitrogen and oxygen atoms in total. The first-order valence-electron chi connectivity index (χ1n) is 7.56. The van der Waals surface area contributed by atoms with E-state index in [1.165, 1.54) is 27.8 Å². The normalized spacial score (nSPS) is 14.2. The second-order valence-corrected chi connectivity index (χ2v) is 5.73. The lowest BCUT2D eigenvalue weighted by Gasteiger charge is -2.31. The predicted molar refractivity (Wildman–Crippen MR) is 88.9 cm³/mol. The van der Waals surface area contributed by atoms with Gasteiger partial charge in [-0.25, -0.2) is 0 Å². The van der Waals surface area contributed by atoms with Gasteiger partial charge in [0.2, 0.25) is 0 Å². The Kier molecular flexibility index (Phi) is 2.93. The molecule has 0 aromatic heterocycles. The molecule has 0 N–H and O–H groups in total. The van der Waals surface area contributed by atoms with E-state index in [2.05, 4.69) is 60.7 Å². The molecule has 0 amide bonds. The molecular formula is C21H16O. The molecule has 0 unspecified atom stereocenters. The zero-order valence-electron chi connectivity index (χ0n) is 12.2. The monoisotopic (exact) mass is 284 g/mol. The minimum absolute atomic E-state index is 0.365. The van der Waals surface area contributed by atoms with E-state index in [4.69, 9.17) is 0 Å². The molecule has 22 heavy (non-hydrogen) atoms. The average molecular weight is 284 g/mol. The van der Waals surface area contributed by atoms with Crippen molar-refractivity contribution >= 4 is 6.29 Å². The maximum absolute atomic E-state index is 11.6. The van der Waals surface area contributed by atoms with Gasteiger partial charge in [-0.3, -0.25) is 0 Å². The summed E-state index contributed by atoms with van der Waals surface area (Å²) in [7, 11) is 0. The molecule has 0 radical (unpaired) electrons. The fraction of sp³-hybridized carbons (Fsp3) is 0.0952. The lowest BCUT2D eigenvalue weighted by molar-refractivity contribution is -0.108. The molecule has 0 saturated heterocycles. The maximum atomic E-state index is 11.6. The van der Waals surface area contributed by atoms with Gasteiger partial charge in [0.25, 0.3) is 0 Å². The molecule has 3 aromatic rings. The van der Waals surface area contributed by atoms with Crippen LogP contribution in [0.25, 0.3) is 11.1 Å². The van der Waals surface area contributed by atoms with Crippen molar-refractivity contribution in [2.45, 2.75) is 11.8 Å². The highest BCUT2D eigenvalue weighted by atomic mass is 16.1. The van der Waals surface area contributed by atoms with Gasteiger partial charge < -0.3 is 4.79 Å². The van der Waals surface area contributed by atoms with Crippen LogP contribution in [-0.2, 0) is 10.2 Å². The Morgan fingerprint density at radius 3 is 1.73 bits per heavy atom. The van der Waals surface area contributed by atoms with Crippen LogP contribution in [0.3, 0.4) is 0 Å². The van der Waals surface area contributed by atoms with Crippen LogP contribution in [0.5, 0.6) is 0 Å². The number of hydrogen-bond acceptors (Lipinski definition) is 1. The first-order chi connectivity index (χ1) is 10.9. The summed E-state index contributed by atoms with van der Waals surface area (Å²) in [6.45, 7) is 0. The van der Waals surface area contributed by atoms with Crippen molar-refractivity contribution in [3.05, 3.63) is 95.6 Å². The van der Waals surface area contributed by atoms with Crippen molar-refractivity contribution in [1.29, 1.82) is 0 Å². The SMILES string of the molecule is O=CCC1(c2ccccc2)c2ccccc2-c2ccccc21. The lowest BCUT2D eigenvalue weighted by atomic mass is 9.70. The summed E-state index contributed by atoms with van der Waals surface area (Å²) >= 11 is 0. The summed E-state index contributed by atoms with van der Waals surface area (Å²) in [5.74, 6) is 0. The van der Waals surface area contributed by atoms with Crippen LogP contribution >= 0.6 is 0 Å². The zero-order valence-corrected chi connectivity index (χ0v) is 12.2. The minimum atomic E-state index is -0.365. The smallest absolute Gasteiger partial charge is 0.121 e. The molecule has 0 atom stereocenters. The van der Waals surface area contributed by atoms with Crippen LogP contribution < -0.4 is 0 Å². The second-order valence-electron chi connectivity index (χ2n) is 5.73. The first kappa shape index (κ1) is 13.0. The van der Waals surface area contributed by atoms with Crippen molar-refractivity contribution < 1.29 is 4.79 Å². The number of carbonyl (C=O) groups is 1. The Balaban J connectivity index is 2.12. The molecule has 0 fully saturated rings.